The minimum atomic E-state index is 1.14. The van der Waals surface area contributed by atoms with E-state index >= 15 is 0 Å². The van der Waals surface area contributed by atoms with Gasteiger partial charge in [-0.1, -0.05) is 212 Å². The van der Waals surface area contributed by atoms with Crippen molar-refractivity contribution >= 4 is 75.9 Å². The second kappa shape index (κ2) is 15.3. The van der Waals surface area contributed by atoms with Crippen molar-refractivity contribution in [3.05, 3.63) is 255 Å². The lowest BCUT2D eigenvalue weighted by atomic mass is 9.83. The van der Waals surface area contributed by atoms with Crippen molar-refractivity contribution < 1.29 is 0 Å². The maximum atomic E-state index is 2.50. The van der Waals surface area contributed by atoms with E-state index in [4.69, 9.17) is 0 Å². The molecular weight excluding hydrogens is 821 g/mol. The standard InChI is InChI=1S/C66H42N2/c1-4-20-43(21-5-1)47-30-14-22-44-23-15-39-58(63(44)47)64-52-33-16-31-48(54-35-18-37-56-50-28-10-12-40-61(50)67(65(54)56)45-24-6-2-7-25-45)59(52)42-60-49(32-17-34-53(60)64)55-36-19-38-57-51-29-11-13-41-62(51)68(66(55)57)46-26-8-3-9-27-46/h1-42H. The number of hydrogen-bond donors (Lipinski definition) is 0. The van der Waals surface area contributed by atoms with E-state index in [9.17, 15) is 0 Å². The summed E-state index contributed by atoms with van der Waals surface area (Å²) in [7, 11) is 0. The van der Waals surface area contributed by atoms with Crippen molar-refractivity contribution in [2.75, 3.05) is 0 Å². The number of nitrogens with zero attached hydrogens (tertiary/aromatic N) is 2. The molecule has 14 aromatic rings. The van der Waals surface area contributed by atoms with E-state index in [-0.39, 0.29) is 0 Å². The average Bonchev–Trinajstić information content (AvgIpc) is 3.94. The molecule has 2 heterocycles. The molecular formula is C66H42N2. The third kappa shape index (κ3) is 5.71. The third-order valence-corrected chi connectivity index (χ3v) is 14.3. The van der Waals surface area contributed by atoms with Crippen LogP contribution in [0.5, 0.6) is 0 Å². The summed E-state index contributed by atoms with van der Waals surface area (Å²) in [6.07, 6.45) is 0. The fourth-order valence-electron chi connectivity index (χ4n) is 11.5. The minimum absolute atomic E-state index is 1.14. The van der Waals surface area contributed by atoms with E-state index in [1.807, 2.05) is 0 Å². The molecule has 12 aromatic carbocycles. The highest BCUT2D eigenvalue weighted by molar-refractivity contribution is 6.25. The molecule has 0 aliphatic heterocycles. The zero-order valence-electron chi connectivity index (χ0n) is 37.1. The van der Waals surface area contributed by atoms with Crippen LogP contribution in [0.1, 0.15) is 0 Å². The van der Waals surface area contributed by atoms with Crippen molar-refractivity contribution in [2.24, 2.45) is 0 Å². The Labute approximate surface area is 393 Å². The van der Waals surface area contributed by atoms with Gasteiger partial charge in [-0.15, -0.1) is 0 Å². The van der Waals surface area contributed by atoms with Crippen molar-refractivity contribution in [3.8, 4) is 55.9 Å². The smallest absolute Gasteiger partial charge is 0.0619 e. The molecule has 2 heteroatoms. The molecule has 0 amide bonds. The van der Waals surface area contributed by atoms with Gasteiger partial charge >= 0.3 is 0 Å². The van der Waals surface area contributed by atoms with Gasteiger partial charge in [-0.3, -0.25) is 0 Å². The lowest BCUT2D eigenvalue weighted by Crippen LogP contribution is -1.97. The monoisotopic (exact) mass is 862 g/mol. The largest absolute Gasteiger partial charge is 0.309 e. The number of benzene rings is 12. The van der Waals surface area contributed by atoms with E-state index in [0.717, 1.165) is 11.4 Å². The molecule has 0 spiro atoms. The van der Waals surface area contributed by atoms with Crippen LogP contribution in [0.2, 0.25) is 0 Å². The van der Waals surface area contributed by atoms with Crippen LogP contribution < -0.4 is 0 Å². The number of hydrogen-bond acceptors (Lipinski definition) is 0. The van der Waals surface area contributed by atoms with Gasteiger partial charge in [-0.2, -0.15) is 0 Å². The molecule has 0 aliphatic rings. The van der Waals surface area contributed by atoms with Gasteiger partial charge < -0.3 is 9.13 Å². The van der Waals surface area contributed by atoms with Crippen LogP contribution in [0.15, 0.2) is 255 Å². The first-order valence-electron chi connectivity index (χ1n) is 23.5. The number of para-hydroxylation sites is 6. The highest BCUT2D eigenvalue weighted by Gasteiger charge is 2.23. The predicted molar refractivity (Wildman–Crippen MR) is 289 cm³/mol. The van der Waals surface area contributed by atoms with Crippen LogP contribution in [0.25, 0.3) is 132 Å². The fourth-order valence-corrected chi connectivity index (χ4v) is 11.5. The van der Waals surface area contributed by atoms with Crippen LogP contribution in [0.3, 0.4) is 0 Å². The van der Waals surface area contributed by atoms with Crippen molar-refractivity contribution in [2.45, 2.75) is 0 Å². The van der Waals surface area contributed by atoms with Crippen LogP contribution >= 0.6 is 0 Å². The highest BCUT2D eigenvalue weighted by Crippen LogP contribution is 2.49. The first kappa shape index (κ1) is 38.3. The molecule has 2 nitrogen and oxygen atoms in total. The average molecular weight is 863 g/mol. The summed E-state index contributed by atoms with van der Waals surface area (Å²) in [5, 5.41) is 12.3. The van der Waals surface area contributed by atoms with Crippen LogP contribution in [0, 0.1) is 0 Å². The Morgan fingerprint density at radius 1 is 0.235 bits per heavy atom. The van der Waals surface area contributed by atoms with Crippen molar-refractivity contribution in [3.63, 3.8) is 0 Å². The van der Waals surface area contributed by atoms with E-state index in [1.165, 1.54) is 120 Å². The molecule has 0 unspecified atom stereocenters. The quantitative estimate of drug-likeness (QED) is 0.147. The van der Waals surface area contributed by atoms with Crippen LogP contribution in [-0.4, -0.2) is 9.13 Å². The van der Waals surface area contributed by atoms with Crippen molar-refractivity contribution in [1.29, 1.82) is 0 Å². The van der Waals surface area contributed by atoms with Crippen molar-refractivity contribution in [1.82, 2.24) is 9.13 Å². The summed E-state index contributed by atoms with van der Waals surface area (Å²) < 4.78 is 4.93. The van der Waals surface area contributed by atoms with Gasteiger partial charge in [-0.25, -0.2) is 0 Å². The van der Waals surface area contributed by atoms with Gasteiger partial charge in [0.25, 0.3) is 0 Å². The minimum Gasteiger partial charge on any atom is -0.309 e. The fraction of sp³-hybridized carbons (Fsp3) is 0. The van der Waals surface area contributed by atoms with Crippen LogP contribution in [0.4, 0.5) is 0 Å². The molecule has 0 aliphatic carbocycles. The second-order valence-electron chi connectivity index (χ2n) is 17.9. The summed E-state index contributed by atoms with van der Waals surface area (Å²) in [6, 6.07) is 94.0. The Hall–Kier alpha value is -8.98. The lowest BCUT2D eigenvalue weighted by Gasteiger charge is -2.20. The Balaban J connectivity index is 1.16. The molecule has 316 valence electrons. The van der Waals surface area contributed by atoms with Gasteiger partial charge in [0, 0.05) is 44.0 Å². The number of aromatic nitrogens is 2. The molecule has 14 rings (SSSR count). The predicted octanol–water partition coefficient (Wildman–Crippen LogP) is 18.0. The maximum absolute atomic E-state index is 2.50. The Bertz CT molecular complexity index is 4070. The van der Waals surface area contributed by atoms with Gasteiger partial charge in [0.2, 0.25) is 0 Å². The normalized spacial score (nSPS) is 11.8. The molecule has 0 radical (unpaired) electrons. The second-order valence-corrected chi connectivity index (χ2v) is 17.9. The summed E-state index contributed by atoms with van der Waals surface area (Å²) in [4.78, 5) is 0. The Morgan fingerprint density at radius 3 is 1.13 bits per heavy atom. The zero-order chi connectivity index (χ0) is 44.7. The molecule has 0 saturated carbocycles. The van der Waals surface area contributed by atoms with Gasteiger partial charge in [0.1, 0.15) is 0 Å². The first-order chi connectivity index (χ1) is 33.8. The van der Waals surface area contributed by atoms with Gasteiger partial charge in [-0.05, 0) is 108 Å². The van der Waals surface area contributed by atoms with E-state index < -0.39 is 0 Å². The van der Waals surface area contributed by atoms with Crippen LogP contribution in [-0.2, 0) is 0 Å². The third-order valence-electron chi connectivity index (χ3n) is 14.3. The molecule has 0 bridgehead atoms. The van der Waals surface area contributed by atoms with E-state index in [1.54, 1.807) is 0 Å². The number of rotatable bonds is 6. The molecule has 0 saturated heterocycles. The summed E-state index contributed by atoms with van der Waals surface area (Å²) >= 11 is 0. The summed E-state index contributed by atoms with van der Waals surface area (Å²) in [5.74, 6) is 0. The molecule has 68 heavy (non-hydrogen) atoms. The van der Waals surface area contributed by atoms with E-state index in [2.05, 4.69) is 264 Å². The van der Waals surface area contributed by atoms with Gasteiger partial charge in [0.05, 0.1) is 22.1 Å². The topological polar surface area (TPSA) is 9.86 Å². The van der Waals surface area contributed by atoms with E-state index in [0.29, 0.717) is 0 Å². The maximum Gasteiger partial charge on any atom is 0.0619 e. The number of fused-ring (bicyclic) bond motifs is 9. The Morgan fingerprint density at radius 2 is 0.618 bits per heavy atom. The zero-order valence-corrected chi connectivity index (χ0v) is 37.1. The first-order valence-corrected chi connectivity index (χ1v) is 23.5. The Kier molecular flexibility index (Phi) is 8.62. The lowest BCUT2D eigenvalue weighted by molar-refractivity contribution is 1.18. The molecule has 2 aromatic heterocycles. The summed E-state index contributed by atoms with van der Waals surface area (Å²) in [6.45, 7) is 0. The SMILES string of the molecule is c1ccc(-c2cccc3cccc(-c4c5cccc(-c6cccc7c8ccccc8n(-c8ccccc8)c67)c5cc5c(-c6cccc7c8ccccc8n(-c8ccccc8)c67)cccc45)c23)cc1. The summed E-state index contributed by atoms with van der Waals surface area (Å²) in [5.41, 5.74) is 16.8. The molecule has 0 N–H and O–H groups in total. The highest BCUT2D eigenvalue weighted by atomic mass is 15.0. The molecule has 0 fully saturated rings. The van der Waals surface area contributed by atoms with Gasteiger partial charge in [0.15, 0.2) is 0 Å². The molecule has 0 atom stereocenters.